The van der Waals surface area contributed by atoms with Crippen molar-refractivity contribution in [2.75, 3.05) is 6.54 Å². The average Bonchev–Trinajstić information content (AvgIpc) is 2.49. The van der Waals surface area contributed by atoms with Crippen molar-refractivity contribution in [3.63, 3.8) is 0 Å². The molecule has 3 atom stereocenters. The molecule has 0 radical (unpaired) electrons. The predicted octanol–water partition coefficient (Wildman–Crippen LogP) is 1.54. The van der Waals surface area contributed by atoms with Crippen molar-refractivity contribution in [2.45, 2.75) is 58.9 Å². The lowest BCUT2D eigenvalue weighted by molar-refractivity contribution is -0.145. The van der Waals surface area contributed by atoms with Gasteiger partial charge in [0.05, 0.1) is 0 Å². The van der Waals surface area contributed by atoms with Crippen LogP contribution in [0.2, 0.25) is 0 Å². The van der Waals surface area contributed by atoms with Gasteiger partial charge in [0.25, 0.3) is 0 Å². The van der Waals surface area contributed by atoms with Gasteiger partial charge in [0.1, 0.15) is 6.04 Å². The van der Waals surface area contributed by atoms with Gasteiger partial charge in [-0.15, -0.1) is 0 Å². The van der Waals surface area contributed by atoms with Crippen LogP contribution in [0.1, 0.15) is 52.9 Å². The number of carboxylic acids is 1. The van der Waals surface area contributed by atoms with E-state index >= 15 is 0 Å². The Kier molecular flexibility index (Phi) is 7.35. The lowest BCUT2D eigenvalue weighted by Gasteiger charge is -2.31. The number of nitrogens with one attached hydrogen (secondary N) is 2. The number of amides is 2. The maximum Gasteiger partial charge on any atom is 0.326 e. The van der Waals surface area contributed by atoms with E-state index in [1.54, 1.807) is 13.8 Å². The number of aliphatic carboxylic acids is 1. The third kappa shape index (κ3) is 5.00. The van der Waals surface area contributed by atoms with Crippen LogP contribution in [0.25, 0.3) is 0 Å². The van der Waals surface area contributed by atoms with Crippen molar-refractivity contribution in [2.24, 2.45) is 17.8 Å². The number of carbonyl (C=O) groups excluding carboxylic acids is 2. The number of rotatable bonds is 7. The molecule has 0 saturated heterocycles. The summed E-state index contributed by atoms with van der Waals surface area (Å²) in [5, 5.41) is 14.6. The van der Waals surface area contributed by atoms with E-state index in [1.165, 1.54) is 0 Å². The Morgan fingerprint density at radius 1 is 1.09 bits per heavy atom. The first-order valence-electron chi connectivity index (χ1n) is 8.19. The monoisotopic (exact) mass is 312 g/mol. The molecular weight excluding hydrogens is 284 g/mol. The van der Waals surface area contributed by atoms with E-state index < -0.39 is 17.9 Å². The van der Waals surface area contributed by atoms with Crippen molar-refractivity contribution >= 4 is 17.8 Å². The first kappa shape index (κ1) is 18.5. The molecule has 1 rings (SSSR count). The molecule has 0 aromatic heterocycles. The van der Waals surface area contributed by atoms with E-state index in [1.807, 2.05) is 6.92 Å². The highest BCUT2D eigenvalue weighted by Crippen LogP contribution is 2.30. The average molecular weight is 312 g/mol. The van der Waals surface area contributed by atoms with Crippen LogP contribution in [0.5, 0.6) is 0 Å². The molecule has 1 fully saturated rings. The van der Waals surface area contributed by atoms with Gasteiger partial charge < -0.3 is 15.7 Å². The zero-order valence-electron chi connectivity index (χ0n) is 13.7. The fourth-order valence-corrected chi connectivity index (χ4v) is 2.91. The molecule has 6 nitrogen and oxygen atoms in total. The van der Waals surface area contributed by atoms with Crippen molar-refractivity contribution in [3.05, 3.63) is 0 Å². The van der Waals surface area contributed by atoms with Gasteiger partial charge in [-0.2, -0.15) is 0 Å². The Bertz CT molecular complexity index is 409. The minimum absolute atomic E-state index is 0.0851. The second kappa shape index (κ2) is 8.76. The Balaban J connectivity index is 2.74. The molecule has 1 aliphatic carbocycles. The zero-order valence-corrected chi connectivity index (χ0v) is 13.7. The van der Waals surface area contributed by atoms with Crippen molar-refractivity contribution in [1.82, 2.24) is 10.6 Å². The number of carbonyl (C=O) groups is 3. The van der Waals surface area contributed by atoms with Gasteiger partial charge >= 0.3 is 5.97 Å². The smallest absolute Gasteiger partial charge is 0.326 e. The van der Waals surface area contributed by atoms with E-state index in [2.05, 4.69) is 10.6 Å². The van der Waals surface area contributed by atoms with Crippen molar-refractivity contribution in [3.8, 4) is 0 Å². The minimum Gasteiger partial charge on any atom is -0.480 e. The number of carboxylic acid groups (broad SMARTS) is 1. The van der Waals surface area contributed by atoms with E-state index in [9.17, 15) is 19.5 Å². The van der Waals surface area contributed by atoms with Gasteiger partial charge in [-0.3, -0.25) is 9.59 Å². The topological polar surface area (TPSA) is 95.5 Å². The normalized spacial score (nSPS) is 22.9. The summed E-state index contributed by atoms with van der Waals surface area (Å²) in [6.45, 7) is 6.09. The first-order chi connectivity index (χ1) is 10.4. The van der Waals surface area contributed by atoms with Gasteiger partial charge in [0.15, 0.2) is 0 Å². The van der Waals surface area contributed by atoms with Crippen LogP contribution >= 0.6 is 0 Å². The molecule has 1 aliphatic rings. The first-order valence-corrected chi connectivity index (χ1v) is 8.19. The summed E-state index contributed by atoms with van der Waals surface area (Å²) < 4.78 is 0. The quantitative estimate of drug-likeness (QED) is 0.664. The molecule has 0 bridgehead atoms. The molecule has 6 heteroatoms. The molecule has 3 N–H and O–H groups in total. The minimum atomic E-state index is -1.04. The van der Waals surface area contributed by atoms with E-state index in [0.717, 1.165) is 19.3 Å². The Morgan fingerprint density at radius 3 is 2.09 bits per heavy atom. The van der Waals surface area contributed by atoms with Gasteiger partial charge in [-0.25, -0.2) is 4.79 Å². The summed E-state index contributed by atoms with van der Waals surface area (Å²) in [5.41, 5.74) is 0. The predicted molar refractivity (Wildman–Crippen MR) is 83.2 cm³/mol. The highest BCUT2D eigenvalue weighted by Gasteiger charge is 2.37. The molecule has 0 spiro atoms. The van der Waals surface area contributed by atoms with Crippen LogP contribution in [0.4, 0.5) is 0 Å². The second-order valence-electron chi connectivity index (χ2n) is 6.36. The molecule has 2 amide bonds. The fourth-order valence-electron chi connectivity index (χ4n) is 2.91. The molecule has 1 saturated carbocycles. The summed E-state index contributed by atoms with van der Waals surface area (Å²) in [7, 11) is 0. The van der Waals surface area contributed by atoms with E-state index in [4.69, 9.17) is 0 Å². The second-order valence-corrected chi connectivity index (χ2v) is 6.36. The molecule has 126 valence electrons. The third-order valence-electron chi connectivity index (χ3n) is 4.22. The Labute approximate surface area is 132 Å². The lowest BCUT2D eigenvalue weighted by Crippen LogP contribution is -2.50. The van der Waals surface area contributed by atoms with Crippen LogP contribution in [-0.4, -0.2) is 35.5 Å². The van der Waals surface area contributed by atoms with Crippen molar-refractivity contribution in [1.29, 1.82) is 0 Å². The highest BCUT2D eigenvalue weighted by atomic mass is 16.4. The molecule has 0 aromatic rings. The van der Waals surface area contributed by atoms with Crippen LogP contribution in [0.3, 0.4) is 0 Å². The van der Waals surface area contributed by atoms with Gasteiger partial charge in [-0.1, -0.05) is 33.6 Å². The molecule has 0 aliphatic heterocycles. The largest absolute Gasteiger partial charge is 0.480 e. The SMILES string of the molecule is CCCNC(=O)C1CCCCC1C(=O)NC(C(=O)O)C(C)C. The Morgan fingerprint density at radius 2 is 1.64 bits per heavy atom. The summed E-state index contributed by atoms with van der Waals surface area (Å²) in [5.74, 6) is -2.40. The summed E-state index contributed by atoms with van der Waals surface area (Å²) in [6, 6.07) is -0.909. The summed E-state index contributed by atoms with van der Waals surface area (Å²) in [4.78, 5) is 35.9. The highest BCUT2D eigenvalue weighted by molar-refractivity contribution is 5.90. The van der Waals surface area contributed by atoms with Crippen LogP contribution in [0.15, 0.2) is 0 Å². The fraction of sp³-hybridized carbons (Fsp3) is 0.812. The number of hydrogen-bond donors (Lipinski definition) is 3. The maximum absolute atomic E-state index is 12.5. The maximum atomic E-state index is 12.5. The van der Waals surface area contributed by atoms with Crippen LogP contribution in [-0.2, 0) is 14.4 Å². The molecule has 0 aromatic carbocycles. The summed E-state index contributed by atoms with van der Waals surface area (Å²) in [6.07, 6.45) is 4.01. The van der Waals surface area contributed by atoms with Gasteiger partial charge in [-0.05, 0) is 25.2 Å². The molecule has 3 unspecified atom stereocenters. The summed E-state index contributed by atoms with van der Waals surface area (Å²) >= 11 is 0. The van der Waals surface area contributed by atoms with Crippen molar-refractivity contribution < 1.29 is 19.5 Å². The Hall–Kier alpha value is -1.59. The van der Waals surface area contributed by atoms with Gasteiger partial charge in [0.2, 0.25) is 11.8 Å². The lowest BCUT2D eigenvalue weighted by atomic mass is 9.78. The molecule has 22 heavy (non-hydrogen) atoms. The van der Waals surface area contributed by atoms with Gasteiger partial charge in [0, 0.05) is 18.4 Å². The van der Waals surface area contributed by atoms with E-state index in [0.29, 0.717) is 19.4 Å². The van der Waals surface area contributed by atoms with Crippen LogP contribution in [0, 0.1) is 17.8 Å². The number of hydrogen-bond acceptors (Lipinski definition) is 3. The standard InChI is InChI=1S/C16H28N2O4/c1-4-9-17-14(19)11-7-5-6-8-12(11)15(20)18-13(10(2)3)16(21)22/h10-13H,4-9H2,1-3H3,(H,17,19)(H,18,20)(H,21,22). The molecule has 0 heterocycles. The van der Waals surface area contributed by atoms with E-state index in [-0.39, 0.29) is 23.7 Å². The van der Waals surface area contributed by atoms with Crippen LogP contribution < -0.4 is 10.6 Å². The molecular formula is C16H28N2O4. The zero-order chi connectivity index (χ0) is 16.7. The third-order valence-corrected chi connectivity index (χ3v) is 4.22.